The second kappa shape index (κ2) is 6.39. The minimum Gasteiger partial charge on any atom is -0.507 e. The first-order valence-corrected chi connectivity index (χ1v) is 7.58. The van der Waals surface area contributed by atoms with Crippen LogP contribution >= 0.6 is 0 Å². The van der Waals surface area contributed by atoms with E-state index in [1.54, 1.807) is 24.3 Å². The summed E-state index contributed by atoms with van der Waals surface area (Å²) in [4.78, 5) is 25.8. The third-order valence-corrected chi connectivity index (χ3v) is 4.22. The summed E-state index contributed by atoms with van der Waals surface area (Å²) in [6.45, 7) is 0. The van der Waals surface area contributed by atoms with Gasteiger partial charge in [0, 0.05) is 12.6 Å². The molecule has 1 atom stereocenters. The predicted octanol–water partition coefficient (Wildman–Crippen LogP) is 2.89. The summed E-state index contributed by atoms with van der Waals surface area (Å²) >= 11 is 0. The van der Waals surface area contributed by atoms with E-state index in [1.807, 2.05) is 0 Å². The van der Waals surface area contributed by atoms with E-state index < -0.39 is 23.5 Å². The molecule has 1 N–H and O–H groups in total. The number of ketones is 1. The number of carbonyl (C=O) groups excluding carboxylic acids is 2. The molecule has 1 unspecified atom stereocenters. The smallest absolute Gasteiger partial charge is 0.295 e. The van der Waals surface area contributed by atoms with Gasteiger partial charge in [0.1, 0.15) is 17.3 Å². The lowest BCUT2D eigenvalue weighted by Gasteiger charge is -2.21. The number of hydrogen-bond acceptors (Lipinski definition) is 4. The molecule has 1 fully saturated rings. The van der Waals surface area contributed by atoms with Crippen LogP contribution in [0.5, 0.6) is 5.75 Å². The lowest BCUT2D eigenvalue weighted by Crippen LogP contribution is -2.24. The summed E-state index contributed by atoms with van der Waals surface area (Å²) in [7, 11) is 2.99. The van der Waals surface area contributed by atoms with Crippen molar-refractivity contribution >= 4 is 17.4 Å². The number of amides is 1. The molecule has 1 amide bonds. The molecule has 1 aliphatic heterocycles. The fourth-order valence-electron chi connectivity index (χ4n) is 2.89. The zero-order chi connectivity index (χ0) is 18.1. The molecule has 1 saturated heterocycles. The predicted molar refractivity (Wildman–Crippen MR) is 89.5 cm³/mol. The Bertz CT molecular complexity index is 856. The highest BCUT2D eigenvalue weighted by Crippen LogP contribution is 2.38. The minimum atomic E-state index is -0.775. The van der Waals surface area contributed by atoms with E-state index in [0.29, 0.717) is 16.9 Å². The number of nitrogens with zero attached hydrogens (tertiary/aromatic N) is 1. The molecule has 128 valence electrons. The van der Waals surface area contributed by atoms with Gasteiger partial charge in [-0.1, -0.05) is 12.1 Å². The van der Waals surface area contributed by atoms with Crippen LogP contribution in [0.4, 0.5) is 4.39 Å². The molecular weight excluding hydrogens is 325 g/mol. The van der Waals surface area contributed by atoms with Crippen LogP contribution in [-0.2, 0) is 9.59 Å². The first kappa shape index (κ1) is 16.7. The lowest BCUT2D eigenvalue weighted by molar-refractivity contribution is -0.139. The monoisotopic (exact) mass is 341 g/mol. The quantitative estimate of drug-likeness (QED) is 0.530. The molecule has 2 aromatic carbocycles. The van der Waals surface area contributed by atoms with Crippen molar-refractivity contribution in [3.05, 3.63) is 71.0 Å². The van der Waals surface area contributed by atoms with Crippen molar-refractivity contribution in [2.45, 2.75) is 6.04 Å². The van der Waals surface area contributed by atoms with E-state index >= 15 is 0 Å². The Morgan fingerprint density at radius 3 is 2.24 bits per heavy atom. The molecule has 1 heterocycles. The lowest BCUT2D eigenvalue weighted by atomic mass is 9.95. The van der Waals surface area contributed by atoms with Gasteiger partial charge in [-0.15, -0.1) is 0 Å². The molecule has 0 bridgehead atoms. The number of ether oxygens (including phenoxy) is 1. The third-order valence-electron chi connectivity index (χ3n) is 4.22. The highest BCUT2D eigenvalue weighted by Gasteiger charge is 2.44. The molecule has 6 heteroatoms. The molecule has 0 aliphatic carbocycles. The Balaban J connectivity index is 2.12. The maximum Gasteiger partial charge on any atom is 0.295 e. The van der Waals surface area contributed by atoms with Crippen molar-refractivity contribution in [2.75, 3.05) is 14.2 Å². The zero-order valence-electron chi connectivity index (χ0n) is 13.7. The highest BCUT2D eigenvalue weighted by molar-refractivity contribution is 6.46. The number of carbonyl (C=O) groups is 2. The molecule has 0 saturated carbocycles. The van der Waals surface area contributed by atoms with E-state index in [1.165, 1.54) is 43.3 Å². The molecule has 0 radical (unpaired) electrons. The van der Waals surface area contributed by atoms with Crippen LogP contribution in [0.15, 0.2) is 54.1 Å². The van der Waals surface area contributed by atoms with Crippen molar-refractivity contribution in [3.63, 3.8) is 0 Å². The Kier molecular flexibility index (Phi) is 4.27. The zero-order valence-corrected chi connectivity index (χ0v) is 13.7. The SMILES string of the molecule is COc1ccc(/C(O)=C2\C(=O)C(=O)N(C)C2c2ccc(F)cc2)cc1. The van der Waals surface area contributed by atoms with E-state index in [-0.39, 0.29) is 11.3 Å². The van der Waals surface area contributed by atoms with Crippen molar-refractivity contribution in [1.82, 2.24) is 4.90 Å². The second-order valence-corrected chi connectivity index (χ2v) is 5.69. The average Bonchev–Trinajstić information content (AvgIpc) is 2.86. The van der Waals surface area contributed by atoms with E-state index in [0.717, 1.165) is 0 Å². The largest absolute Gasteiger partial charge is 0.507 e. The van der Waals surface area contributed by atoms with E-state index in [9.17, 15) is 19.1 Å². The van der Waals surface area contributed by atoms with Gasteiger partial charge in [0.25, 0.3) is 11.7 Å². The van der Waals surface area contributed by atoms with Gasteiger partial charge in [-0.05, 0) is 42.0 Å². The van der Waals surface area contributed by atoms with Gasteiger partial charge in [0.2, 0.25) is 0 Å². The van der Waals surface area contributed by atoms with Crippen LogP contribution in [-0.4, -0.2) is 35.9 Å². The van der Waals surface area contributed by atoms with Crippen molar-refractivity contribution < 1.29 is 23.8 Å². The summed E-state index contributed by atoms with van der Waals surface area (Å²) in [6.07, 6.45) is 0. The van der Waals surface area contributed by atoms with Crippen molar-refractivity contribution in [3.8, 4) is 5.75 Å². The van der Waals surface area contributed by atoms with Crippen LogP contribution in [0.2, 0.25) is 0 Å². The molecule has 2 aromatic rings. The van der Waals surface area contributed by atoms with Crippen LogP contribution in [0.1, 0.15) is 17.2 Å². The van der Waals surface area contributed by atoms with Crippen molar-refractivity contribution in [2.24, 2.45) is 0 Å². The summed E-state index contributed by atoms with van der Waals surface area (Å²) in [5, 5.41) is 10.6. The second-order valence-electron chi connectivity index (χ2n) is 5.69. The average molecular weight is 341 g/mol. The number of aliphatic hydroxyl groups excluding tert-OH is 1. The number of Topliss-reactive ketones (excluding diaryl/α,β-unsaturated/α-hetero) is 1. The topological polar surface area (TPSA) is 66.8 Å². The van der Waals surface area contributed by atoms with Gasteiger partial charge in [0.05, 0.1) is 18.7 Å². The number of likely N-dealkylation sites (N-methyl/N-ethyl adjacent to an activating group) is 1. The van der Waals surface area contributed by atoms with Gasteiger partial charge in [0.15, 0.2) is 0 Å². The van der Waals surface area contributed by atoms with Gasteiger partial charge in [-0.3, -0.25) is 9.59 Å². The van der Waals surface area contributed by atoms with Crippen LogP contribution in [0.3, 0.4) is 0 Å². The number of halogens is 1. The molecule has 5 nitrogen and oxygen atoms in total. The Morgan fingerprint density at radius 2 is 1.68 bits per heavy atom. The Morgan fingerprint density at radius 1 is 1.08 bits per heavy atom. The number of hydrogen-bond donors (Lipinski definition) is 1. The van der Waals surface area contributed by atoms with E-state index in [2.05, 4.69) is 0 Å². The van der Waals surface area contributed by atoms with Gasteiger partial charge < -0.3 is 14.7 Å². The van der Waals surface area contributed by atoms with Crippen LogP contribution in [0.25, 0.3) is 5.76 Å². The van der Waals surface area contributed by atoms with Crippen LogP contribution in [0, 0.1) is 5.82 Å². The highest BCUT2D eigenvalue weighted by atomic mass is 19.1. The number of likely N-dealkylation sites (tertiary alicyclic amines) is 1. The minimum absolute atomic E-state index is 0.0238. The van der Waals surface area contributed by atoms with Crippen molar-refractivity contribution in [1.29, 1.82) is 0 Å². The normalized spacial score (nSPS) is 19.3. The fourth-order valence-corrected chi connectivity index (χ4v) is 2.89. The fraction of sp³-hybridized carbons (Fsp3) is 0.158. The molecule has 0 spiro atoms. The number of benzene rings is 2. The van der Waals surface area contributed by atoms with Gasteiger partial charge >= 0.3 is 0 Å². The molecule has 0 aromatic heterocycles. The van der Waals surface area contributed by atoms with Crippen LogP contribution < -0.4 is 4.74 Å². The Hall–Kier alpha value is -3.15. The molecule has 25 heavy (non-hydrogen) atoms. The number of aliphatic hydroxyl groups is 1. The summed E-state index contributed by atoms with van der Waals surface area (Å²) in [5.41, 5.74) is 0.904. The maximum absolute atomic E-state index is 13.2. The standard InChI is InChI=1S/C19H16FNO4/c1-21-16(11-3-7-13(20)8-4-11)15(18(23)19(21)24)17(22)12-5-9-14(25-2)10-6-12/h3-10,16,22H,1-2H3/b17-15+. The third kappa shape index (κ3) is 2.87. The number of rotatable bonds is 3. The Labute approximate surface area is 144 Å². The molecule has 3 rings (SSSR count). The first-order chi connectivity index (χ1) is 11.9. The van der Waals surface area contributed by atoms with Gasteiger partial charge in [-0.2, -0.15) is 0 Å². The summed E-state index contributed by atoms with van der Waals surface area (Å²) in [6, 6.07) is 11.2. The first-order valence-electron chi connectivity index (χ1n) is 7.58. The molecule has 1 aliphatic rings. The summed E-state index contributed by atoms with van der Waals surface area (Å²) in [5.74, 6) is -1.59. The summed E-state index contributed by atoms with van der Waals surface area (Å²) < 4.78 is 18.3. The maximum atomic E-state index is 13.2. The number of methoxy groups -OCH3 is 1. The van der Waals surface area contributed by atoms with E-state index in [4.69, 9.17) is 4.74 Å². The molecular formula is C19H16FNO4. The van der Waals surface area contributed by atoms with Gasteiger partial charge in [-0.25, -0.2) is 4.39 Å².